The molecule has 2 saturated carbocycles. The lowest BCUT2D eigenvalue weighted by molar-refractivity contribution is 0.199. The molecule has 0 radical (unpaired) electrons. The molecular formula is C7H11N3O2. The molecule has 12 heavy (non-hydrogen) atoms. The molecule has 3 atom stereocenters. The maximum absolute atomic E-state index is 10.7. The minimum Gasteiger partial charge on any atom is -0.350 e. The molecule has 5 heteroatoms. The summed E-state index contributed by atoms with van der Waals surface area (Å²) in [4.78, 5) is 20.9. The number of nitrogens with zero attached hydrogens (tertiary/aromatic N) is 2. The lowest BCUT2D eigenvalue weighted by atomic mass is 10.2. The number of rotatable bonds is 2. The van der Waals surface area contributed by atoms with Crippen LogP contribution in [0, 0.1) is 16.7 Å². The van der Waals surface area contributed by atoms with E-state index in [0.29, 0.717) is 11.8 Å². The van der Waals surface area contributed by atoms with Gasteiger partial charge in [-0.25, -0.2) is 4.79 Å². The van der Waals surface area contributed by atoms with Gasteiger partial charge in [0.15, 0.2) is 0 Å². The molecule has 2 aliphatic rings. The normalized spacial score (nSPS) is 37.2. The van der Waals surface area contributed by atoms with E-state index in [2.05, 4.69) is 5.29 Å². The van der Waals surface area contributed by atoms with Crippen LogP contribution in [0.15, 0.2) is 5.29 Å². The van der Waals surface area contributed by atoms with E-state index in [1.54, 1.807) is 0 Å². The largest absolute Gasteiger partial charge is 0.350 e. The topological polar surface area (TPSA) is 75.8 Å². The third-order valence-corrected chi connectivity index (χ3v) is 2.96. The van der Waals surface area contributed by atoms with Gasteiger partial charge in [0.1, 0.15) is 0 Å². The van der Waals surface area contributed by atoms with Gasteiger partial charge in [-0.1, -0.05) is 6.42 Å². The molecule has 2 rings (SSSR count). The molecule has 5 nitrogen and oxygen atoms in total. The molecule has 0 aromatic heterocycles. The van der Waals surface area contributed by atoms with Crippen LogP contribution in [0.2, 0.25) is 0 Å². The summed E-state index contributed by atoms with van der Waals surface area (Å²) in [6, 6.07) is -0.696. The molecule has 66 valence electrons. The van der Waals surface area contributed by atoms with E-state index in [1.807, 2.05) is 0 Å². The predicted molar refractivity (Wildman–Crippen MR) is 41.8 cm³/mol. The third kappa shape index (κ3) is 0.888. The van der Waals surface area contributed by atoms with Crippen LogP contribution in [0.25, 0.3) is 0 Å². The number of carbonyl (C=O) groups is 1. The number of nitroso groups, excluding NO2 is 1. The van der Waals surface area contributed by atoms with Gasteiger partial charge in [-0.3, -0.25) is 0 Å². The minimum atomic E-state index is -0.718. The first kappa shape index (κ1) is 7.52. The number of hydrogen-bond donors (Lipinski definition) is 1. The summed E-state index contributed by atoms with van der Waals surface area (Å²) in [5.41, 5.74) is 4.98. The van der Waals surface area contributed by atoms with Gasteiger partial charge in [-0.15, -0.1) is 4.91 Å². The highest BCUT2D eigenvalue weighted by molar-refractivity contribution is 5.72. The van der Waals surface area contributed by atoms with Crippen molar-refractivity contribution in [3.63, 3.8) is 0 Å². The van der Waals surface area contributed by atoms with Crippen LogP contribution in [-0.2, 0) is 0 Å². The zero-order valence-electron chi connectivity index (χ0n) is 6.64. The van der Waals surface area contributed by atoms with E-state index in [9.17, 15) is 9.70 Å². The number of carbonyl (C=O) groups excluding carboxylic acids is 1. The van der Waals surface area contributed by atoms with E-state index in [1.165, 1.54) is 6.42 Å². The second kappa shape index (κ2) is 2.43. The summed E-state index contributed by atoms with van der Waals surface area (Å²) < 4.78 is 0. The van der Waals surface area contributed by atoms with E-state index in [-0.39, 0.29) is 6.04 Å². The molecule has 0 bridgehead atoms. The molecule has 2 N–H and O–H groups in total. The molecule has 0 heterocycles. The monoisotopic (exact) mass is 169 g/mol. The summed E-state index contributed by atoms with van der Waals surface area (Å²) in [6.45, 7) is 0. The Morgan fingerprint density at radius 2 is 2.00 bits per heavy atom. The van der Waals surface area contributed by atoms with Crippen LogP contribution in [0.3, 0.4) is 0 Å². The lowest BCUT2D eigenvalue weighted by Gasteiger charge is -2.11. The third-order valence-electron chi connectivity index (χ3n) is 2.96. The fourth-order valence-electron chi connectivity index (χ4n) is 2.39. The van der Waals surface area contributed by atoms with Crippen molar-refractivity contribution in [1.29, 1.82) is 0 Å². The molecule has 0 aromatic carbocycles. The SMILES string of the molecule is NC(=O)N(N=O)C1[C@H]2CCC[C@@H]12. The van der Waals surface area contributed by atoms with Crippen LogP contribution < -0.4 is 5.73 Å². The molecule has 0 aliphatic heterocycles. The summed E-state index contributed by atoms with van der Waals surface area (Å²) >= 11 is 0. The van der Waals surface area contributed by atoms with Gasteiger partial charge in [0, 0.05) is 0 Å². The van der Waals surface area contributed by atoms with Crippen molar-refractivity contribution >= 4 is 6.03 Å². The van der Waals surface area contributed by atoms with Crippen molar-refractivity contribution in [2.45, 2.75) is 25.3 Å². The highest BCUT2D eigenvalue weighted by Gasteiger charge is 2.57. The average molecular weight is 169 g/mol. The maximum atomic E-state index is 10.7. The van der Waals surface area contributed by atoms with Crippen LogP contribution in [-0.4, -0.2) is 17.1 Å². The van der Waals surface area contributed by atoms with E-state index < -0.39 is 6.03 Å². The molecule has 1 unspecified atom stereocenters. The first-order valence-corrected chi connectivity index (χ1v) is 4.17. The first-order valence-electron chi connectivity index (χ1n) is 4.17. The second-order valence-corrected chi connectivity index (χ2v) is 3.51. The highest BCUT2D eigenvalue weighted by atomic mass is 16.3. The Morgan fingerprint density at radius 3 is 2.42 bits per heavy atom. The predicted octanol–water partition coefficient (Wildman–Crippen LogP) is 0.847. The molecule has 2 aliphatic carbocycles. The number of hydrogen-bond acceptors (Lipinski definition) is 3. The molecule has 2 amide bonds. The Kier molecular flexibility index (Phi) is 1.52. The average Bonchev–Trinajstić information content (AvgIpc) is 2.53. The fraction of sp³-hybridized carbons (Fsp3) is 0.857. The van der Waals surface area contributed by atoms with Crippen LogP contribution in [0.5, 0.6) is 0 Å². The summed E-state index contributed by atoms with van der Waals surface area (Å²) in [5.74, 6) is 0.991. The number of fused-ring (bicyclic) bond motifs is 1. The quantitative estimate of drug-likeness (QED) is 0.491. The van der Waals surface area contributed by atoms with Gasteiger partial charge in [0.2, 0.25) is 0 Å². The van der Waals surface area contributed by atoms with Crippen molar-refractivity contribution in [2.75, 3.05) is 0 Å². The Bertz CT molecular complexity index is 221. The van der Waals surface area contributed by atoms with E-state index in [4.69, 9.17) is 5.73 Å². The first-order chi connectivity index (χ1) is 5.75. The van der Waals surface area contributed by atoms with Crippen molar-refractivity contribution < 1.29 is 4.79 Å². The minimum absolute atomic E-state index is 0.0220. The number of urea groups is 1. The Labute approximate surface area is 69.8 Å². The van der Waals surface area contributed by atoms with Crippen LogP contribution >= 0.6 is 0 Å². The Balaban J connectivity index is 2.01. The smallest absolute Gasteiger partial charge is 0.338 e. The summed E-state index contributed by atoms with van der Waals surface area (Å²) in [6.07, 6.45) is 3.42. The van der Waals surface area contributed by atoms with Crippen molar-refractivity contribution in [2.24, 2.45) is 22.9 Å². The van der Waals surface area contributed by atoms with Crippen molar-refractivity contribution in [3.05, 3.63) is 4.91 Å². The van der Waals surface area contributed by atoms with Gasteiger partial charge < -0.3 is 5.73 Å². The lowest BCUT2D eigenvalue weighted by Crippen LogP contribution is -2.34. The van der Waals surface area contributed by atoms with E-state index >= 15 is 0 Å². The van der Waals surface area contributed by atoms with Crippen LogP contribution in [0.4, 0.5) is 4.79 Å². The number of primary amides is 1. The molecule has 2 fully saturated rings. The number of nitrogens with two attached hydrogens (primary N) is 1. The zero-order chi connectivity index (χ0) is 8.72. The van der Waals surface area contributed by atoms with Gasteiger partial charge in [-0.2, -0.15) is 5.01 Å². The molecule has 0 spiro atoms. The summed E-state index contributed by atoms with van der Waals surface area (Å²) in [7, 11) is 0. The van der Waals surface area contributed by atoms with Crippen molar-refractivity contribution in [1.82, 2.24) is 5.01 Å². The van der Waals surface area contributed by atoms with E-state index in [0.717, 1.165) is 17.9 Å². The standard InChI is InChI=1S/C7H11N3O2/c8-7(11)10(9-12)6-4-2-1-3-5(4)6/h4-6H,1-3H2,(H2,8,11)/t4-,5+,6?. The van der Waals surface area contributed by atoms with Gasteiger partial charge in [0.05, 0.1) is 11.3 Å². The van der Waals surface area contributed by atoms with Gasteiger partial charge in [-0.05, 0) is 24.7 Å². The van der Waals surface area contributed by atoms with Crippen molar-refractivity contribution in [3.8, 4) is 0 Å². The van der Waals surface area contributed by atoms with Gasteiger partial charge in [0.25, 0.3) is 0 Å². The molecule has 0 aromatic rings. The Hall–Kier alpha value is -1.13. The fourth-order valence-corrected chi connectivity index (χ4v) is 2.39. The van der Waals surface area contributed by atoms with Gasteiger partial charge >= 0.3 is 6.03 Å². The highest BCUT2D eigenvalue weighted by Crippen LogP contribution is 2.54. The second-order valence-electron chi connectivity index (χ2n) is 3.51. The maximum Gasteiger partial charge on any atom is 0.338 e. The summed E-state index contributed by atoms with van der Waals surface area (Å²) in [5, 5.41) is 3.54. The molecular weight excluding hydrogens is 158 g/mol. The molecule has 0 saturated heterocycles. The van der Waals surface area contributed by atoms with Crippen LogP contribution in [0.1, 0.15) is 19.3 Å². The number of amides is 2. The Morgan fingerprint density at radius 1 is 1.42 bits per heavy atom. The zero-order valence-corrected chi connectivity index (χ0v) is 6.64.